The van der Waals surface area contributed by atoms with Gasteiger partial charge in [0.1, 0.15) is 0 Å². The van der Waals surface area contributed by atoms with Crippen LogP contribution in [0.1, 0.15) is 33.6 Å². The number of hydrogen-bond donors (Lipinski definition) is 3. The van der Waals surface area contributed by atoms with Gasteiger partial charge >= 0.3 is 5.97 Å². The molecule has 0 spiro atoms. The summed E-state index contributed by atoms with van der Waals surface area (Å²) in [7, 11) is 0. The normalized spacial score (nSPS) is 12.5. The minimum Gasteiger partial charge on any atom is -0.481 e. The van der Waals surface area contributed by atoms with Crippen molar-refractivity contribution in [1.29, 1.82) is 0 Å². The van der Waals surface area contributed by atoms with E-state index >= 15 is 0 Å². The van der Waals surface area contributed by atoms with Gasteiger partial charge in [0.05, 0.1) is 6.54 Å². The number of hydrogen-bond acceptors (Lipinski definition) is 3. The molecule has 1 amide bonds. The lowest BCUT2D eigenvalue weighted by molar-refractivity contribution is -0.138. The zero-order valence-electron chi connectivity index (χ0n) is 10.2. The summed E-state index contributed by atoms with van der Waals surface area (Å²) in [5, 5.41) is 14.4. The average Bonchev–Trinajstić information content (AvgIpc) is 2.20. The van der Waals surface area contributed by atoms with Gasteiger partial charge in [0.25, 0.3) is 0 Å². The first-order chi connectivity index (χ1) is 7.45. The van der Waals surface area contributed by atoms with Gasteiger partial charge in [-0.1, -0.05) is 27.2 Å². The fraction of sp³-hybridized carbons (Fsp3) is 0.818. The molecular formula is C11H22N2O3. The van der Waals surface area contributed by atoms with E-state index in [1.165, 1.54) is 0 Å². The summed E-state index contributed by atoms with van der Waals surface area (Å²) in [6.07, 6.45) is 0.860. The van der Waals surface area contributed by atoms with Crippen molar-refractivity contribution in [3.05, 3.63) is 0 Å². The number of carboxylic acid groups (broad SMARTS) is 1. The molecule has 0 saturated carbocycles. The third-order valence-corrected chi connectivity index (χ3v) is 2.30. The van der Waals surface area contributed by atoms with Crippen LogP contribution in [0.25, 0.3) is 0 Å². The Kier molecular flexibility index (Phi) is 7.54. The SMILES string of the molecule is CCC(CNC(=O)CNC(C)C)CC(=O)O. The maximum absolute atomic E-state index is 11.3. The first kappa shape index (κ1) is 14.9. The molecule has 0 fully saturated rings. The number of nitrogens with one attached hydrogen (secondary N) is 2. The van der Waals surface area contributed by atoms with Crippen molar-refractivity contribution in [1.82, 2.24) is 10.6 Å². The Labute approximate surface area is 96.6 Å². The Morgan fingerprint density at radius 1 is 1.31 bits per heavy atom. The smallest absolute Gasteiger partial charge is 0.303 e. The molecular weight excluding hydrogens is 208 g/mol. The maximum atomic E-state index is 11.3. The molecule has 3 N–H and O–H groups in total. The van der Waals surface area contributed by atoms with E-state index in [0.717, 1.165) is 6.42 Å². The Hall–Kier alpha value is -1.10. The molecule has 0 radical (unpaired) electrons. The lowest BCUT2D eigenvalue weighted by Gasteiger charge is -2.14. The number of aliphatic carboxylic acids is 1. The van der Waals surface area contributed by atoms with Crippen molar-refractivity contribution in [3.8, 4) is 0 Å². The summed E-state index contributed by atoms with van der Waals surface area (Å²) >= 11 is 0. The molecule has 0 aliphatic heterocycles. The van der Waals surface area contributed by atoms with E-state index in [0.29, 0.717) is 6.54 Å². The van der Waals surface area contributed by atoms with Gasteiger partial charge in [-0.2, -0.15) is 0 Å². The molecule has 0 bridgehead atoms. The van der Waals surface area contributed by atoms with Crippen LogP contribution in [0.2, 0.25) is 0 Å². The predicted octanol–water partition coefficient (Wildman–Crippen LogP) is 0.601. The van der Waals surface area contributed by atoms with Crippen molar-refractivity contribution in [2.24, 2.45) is 5.92 Å². The van der Waals surface area contributed by atoms with Crippen LogP contribution in [0.5, 0.6) is 0 Å². The van der Waals surface area contributed by atoms with Crippen LogP contribution >= 0.6 is 0 Å². The van der Waals surface area contributed by atoms with Gasteiger partial charge in [-0.25, -0.2) is 0 Å². The molecule has 16 heavy (non-hydrogen) atoms. The third-order valence-electron chi connectivity index (χ3n) is 2.30. The van der Waals surface area contributed by atoms with E-state index in [4.69, 9.17) is 5.11 Å². The first-order valence-electron chi connectivity index (χ1n) is 5.67. The van der Waals surface area contributed by atoms with Crippen molar-refractivity contribution >= 4 is 11.9 Å². The Bertz CT molecular complexity index is 229. The van der Waals surface area contributed by atoms with Crippen molar-refractivity contribution in [2.75, 3.05) is 13.1 Å². The van der Waals surface area contributed by atoms with E-state index in [-0.39, 0.29) is 30.8 Å². The summed E-state index contributed by atoms with van der Waals surface area (Å²) in [4.78, 5) is 21.8. The maximum Gasteiger partial charge on any atom is 0.303 e. The molecule has 1 atom stereocenters. The molecule has 1 unspecified atom stereocenters. The van der Waals surface area contributed by atoms with Crippen LogP contribution in [0.3, 0.4) is 0 Å². The van der Waals surface area contributed by atoms with Gasteiger partial charge in [-0.05, 0) is 5.92 Å². The standard InChI is InChI=1S/C11H22N2O3/c1-4-9(5-11(15)16)6-13-10(14)7-12-8(2)3/h8-9,12H,4-7H2,1-3H3,(H,13,14)(H,15,16). The van der Waals surface area contributed by atoms with Gasteiger partial charge in [0.15, 0.2) is 0 Å². The molecule has 0 aromatic carbocycles. The second-order valence-corrected chi connectivity index (χ2v) is 4.21. The summed E-state index contributed by atoms with van der Waals surface area (Å²) in [5.74, 6) is -0.889. The Balaban J connectivity index is 3.75. The highest BCUT2D eigenvalue weighted by Gasteiger charge is 2.12. The zero-order chi connectivity index (χ0) is 12.6. The lowest BCUT2D eigenvalue weighted by atomic mass is 10.0. The monoisotopic (exact) mass is 230 g/mol. The summed E-state index contributed by atoms with van der Waals surface area (Å²) < 4.78 is 0. The minimum atomic E-state index is -0.818. The van der Waals surface area contributed by atoms with Crippen molar-refractivity contribution in [3.63, 3.8) is 0 Å². The topological polar surface area (TPSA) is 78.4 Å². The van der Waals surface area contributed by atoms with Crippen LogP contribution in [-0.4, -0.2) is 36.1 Å². The van der Waals surface area contributed by atoms with E-state index in [1.807, 2.05) is 20.8 Å². The average molecular weight is 230 g/mol. The van der Waals surface area contributed by atoms with E-state index in [1.54, 1.807) is 0 Å². The van der Waals surface area contributed by atoms with Crippen molar-refractivity contribution in [2.45, 2.75) is 39.7 Å². The number of rotatable bonds is 8. The van der Waals surface area contributed by atoms with Gasteiger partial charge in [0, 0.05) is 19.0 Å². The van der Waals surface area contributed by atoms with E-state index < -0.39 is 5.97 Å². The third kappa shape index (κ3) is 8.23. The highest BCUT2D eigenvalue weighted by Crippen LogP contribution is 2.06. The van der Waals surface area contributed by atoms with Gasteiger partial charge in [0.2, 0.25) is 5.91 Å². The second-order valence-electron chi connectivity index (χ2n) is 4.21. The van der Waals surface area contributed by atoms with Gasteiger partial charge in [-0.3, -0.25) is 9.59 Å². The molecule has 94 valence electrons. The number of carbonyl (C=O) groups excluding carboxylic acids is 1. The minimum absolute atomic E-state index is 0.0144. The highest BCUT2D eigenvalue weighted by molar-refractivity contribution is 5.78. The fourth-order valence-corrected chi connectivity index (χ4v) is 1.23. The highest BCUT2D eigenvalue weighted by atomic mass is 16.4. The quantitative estimate of drug-likeness (QED) is 0.570. The molecule has 0 aromatic heterocycles. The Morgan fingerprint density at radius 3 is 2.38 bits per heavy atom. The molecule has 0 aliphatic carbocycles. The molecule has 5 heteroatoms. The van der Waals surface area contributed by atoms with E-state index in [2.05, 4.69) is 10.6 Å². The van der Waals surface area contributed by atoms with Crippen molar-refractivity contribution < 1.29 is 14.7 Å². The molecule has 0 saturated heterocycles. The van der Waals surface area contributed by atoms with Crippen LogP contribution in [0, 0.1) is 5.92 Å². The molecule has 0 rings (SSSR count). The van der Waals surface area contributed by atoms with Crippen LogP contribution in [-0.2, 0) is 9.59 Å². The first-order valence-corrected chi connectivity index (χ1v) is 5.67. The Morgan fingerprint density at radius 2 is 1.94 bits per heavy atom. The largest absolute Gasteiger partial charge is 0.481 e. The lowest BCUT2D eigenvalue weighted by Crippen LogP contribution is -2.39. The van der Waals surface area contributed by atoms with Gasteiger partial charge < -0.3 is 15.7 Å². The number of amides is 1. The molecule has 0 aliphatic rings. The second kappa shape index (κ2) is 8.10. The molecule has 5 nitrogen and oxygen atoms in total. The van der Waals surface area contributed by atoms with Crippen LogP contribution < -0.4 is 10.6 Å². The fourth-order valence-electron chi connectivity index (χ4n) is 1.23. The predicted molar refractivity (Wildman–Crippen MR) is 62.2 cm³/mol. The van der Waals surface area contributed by atoms with Crippen LogP contribution in [0.4, 0.5) is 0 Å². The zero-order valence-corrected chi connectivity index (χ0v) is 10.2. The molecule has 0 aromatic rings. The number of carboxylic acids is 1. The number of carbonyl (C=O) groups is 2. The van der Waals surface area contributed by atoms with Crippen LogP contribution in [0.15, 0.2) is 0 Å². The van der Waals surface area contributed by atoms with E-state index in [9.17, 15) is 9.59 Å². The molecule has 0 heterocycles. The summed E-state index contributed by atoms with van der Waals surface area (Å²) in [6, 6.07) is 0.270. The summed E-state index contributed by atoms with van der Waals surface area (Å²) in [6.45, 7) is 6.56. The summed E-state index contributed by atoms with van der Waals surface area (Å²) in [5.41, 5.74) is 0. The van der Waals surface area contributed by atoms with Gasteiger partial charge in [-0.15, -0.1) is 0 Å².